The first-order valence-electron chi connectivity index (χ1n) is 6.29. The number of halogens is 1. The van der Waals surface area contributed by atoms with E-state index < -0.39 is 28.7 Å². The van der Waals surface area contributed by atoms with Crippen LogP contribution in [0.15, 0.2) is 30.5 Å². The number of carbonyl (C=O) groups is 3. The summed E-state index contributed by atoms with van der Waals surface area (Å²) >= 11 is 2.93. The van der Waals surface area contributed by atoms with Gasteiger partial charge >= 0.3 is 5.97 Å². The quantitative estimate of drug-likeness (QED) is 0.494. The van der Waals surface area contributed by atoms with E-state index in [4.69, 9.17) is 0 Å². The highest BCUT2D eigenvalue weighted by atomic mass is 79.9. The fourth-order valence-electron chi connectivity index (χ4n) is 2.50. The molecule has 0 radical (unpaired) electrons. The number of carboxylic acids is 1. The zero-order chi connectivity index (χ0) is 15.1. The van der Waals surface area contributed by atoms with Crippen molar-refractivity contribution in [1.82, 2.24) is 9.88 Å². The molecule has 108 valence electrons. The Hall–Kier alpha value is -2.15. The second kappa shape index (κ2) is 5.00. The lowest BCUT2D eigenvalue weighted by Gasteiger charge is -2.36. The van der Waals surface area contributed by atoms with Crippen LogP contribution < -0.4 is 0 Å². The molecule has 1 aromatic heterocycles. The maximum absolute atomic E-state index is 11.7. The Morgan fingerprint density at radius 2 is 2.00 bits per heavy atom. The number of amides is 2. The number of nitrogens with one attached hydrogen (secondary N) is 1. The molecule has 0 spiro atoms. The van der Waals surface area contributed by atoms with Gasteiger partial charge in [-0.1, -0.05) is 34.1 Å². The molecule has 2 N–H and O–H groups in total. The number of fused-ring (bicyclic) bond motifs is 1. The molecule has 2 heterocycles. The summed E-state index contributed by atoms with van der Waals surface area (Å²) in [5, 5.41) is 10.2. The van der Waals surface area contributed by atoms with E-state index in [2.05, 4.69) is 20.9 Å². The lowest BCUT2D eigenvalue weighted by molar-refractivity contribution is -0.166. The zero-order valence-corrected chi connectivity index (χ0v) is 12.3. The number of aromatic nitrogens is 1. The van der Waals surface area contributed by atoms with Gasteiger partial charge in [-0.25, -0.2) is 4.79 Å². The standard InChI is InChI=1S/C14H11BrN2O4/c15-11-12(18)17(13(11)19)10(14(20)21)5-7-6-16-9-4-2-1-3-8(7)9/h1-4,6,10-11,16H,5H2,(H,20,21). The number of rotatable bonds is 4. The van der Waals surface area contributed by atoms with E-state index in [9.17, 15) is 19.5 Å². The van der Waals surface area contributed by atoms with Crippen LogP contribution in [0.25, 0.3) is 10.9 Å². The molecule has 1 saturated heterocycles. The smallest absolute Gasteiger partial charge is 0.327 e. The van der Waals surface area contributed by atoms with Crippen LogP contribution in [-0.2, 0) is 20.8 Å². The summed E-state index contributed by atoms with van der Waals surface area (Å²) in [6.45, 7) is 0. The molecule has 2 amide bonds. The number of alkyl halides is 1. The number of aromatic amines is 1. The summed E-state index contributed by atoms with van der Waals surface area (Å²) in [6, 6.07) is 6.29. The first-order valence-corrected chi connectivity index (χ1v) is 7.21. The summed E-state index contributed by atoms with van der Waals surface area (Å²) in [4.78, 5) is 37.8. The van der Waals surface area contributed by atoms with E-state index in [1.807, 2.05) is 24.3 Å². The SMILES string of the molecule is O=C(O)C(Cc1c[nH]c2ccccc12)N1C(=O)C(Br)C1=O. The number of H-pyrrole nitrogens is 1. The molecule has 0 aliphatic carbocycles. The molecule has 1 atom stereocenters. The molecule has 1 aromatic carbocycles. The van der Waals surface area contributed by atoms with Crippen molar-refractivity contribution < 1.29 is 19.5 Å². The summed E-state index contributed by atoms with van der Waals surface area (Å²) in [5.74, 6) is -2.21. The minimum absolute atomic E-state index is 0.0799. The monoisotopic (exact) mass is 350 g/mol. The first-order chi connectivity index (χ1) is 10.0. The number of aliphatic carboxylic acids is 1. The number of carbonyl (C=O) groups excluding carboxylic acids is 2. The van der Waals surface area contributed by atoms with Crippen molar-refractivity contribution in [1.29, 1.82) is 0 Å². The maximum Gasteiger partial charge on any atom is 0.327 e. The molecule has 3 rings (SSSR count). The third-order valence-corrected chi connectivity index (χ3v) is 4.38. The van der Waals surface area contributed by atoms with Crippen LogP contribution in [0.5, 0.6) is 0 Å². The molecular weight excluding hydrogens is 340 g/mol. The van der Waals surface area contributed by atoms with Crippen molar-refractivity contribution in [3.63, 3.8) is 0 Å². The predicted octanol–water partition coefficient (Wildman–Crippen LogP) is 1.30. The second-order valence-corrected chi connectivity index (χ2v) is 5.74. The van der Waals surface area contributed by atoms with Crippen molar-refractivity contribution in [3.05, 3.63) is 36.0 Å². The fourth-order valence-corrected chi connectivity index (χ4v) is 2.94. The summed E-state index contributed by atoms with van der Waals surface area (Å²) in [7, 11) is 0. The second-order valence-electron chi connectivity index (χ2n) is 4.83. The Balaban J connectivity index is 1.92. The van der Waals surface area contributed by atoms with Gasteiger partial charge in [0, 0.05) is 23.5 Å². The van der Waals surface area contributed by atoms with Gasteiger partial charge in [-0.2, -0.15) is 0 Å². The lowest BCUT2D eigenvalue weighted by Crippen LogP contribution is -2.64. The first kappa shape index (κ1) is 13.8. The van der Waals surface area contributed by atoms with Crippen molar-refractivity contribution in [2.45, 2.75) is 17.3 Å². The Bertz CT molecular complexity index is 738. The van der Waals surface area contributed by atoms with Crippen LogP contribution in [0, 0.1) is 0 Å². The lowest BCUT2D eigenvalue weighted by atomic mass is 10.00. The number of carboxylic acid groups (broad SMARTS) is 1. The fraction of sp³-hybridized carbons (Fsp3) is 0.214. The minimum Gasteiger partial charge on any atom is -0.480 e. The van der Waals surface area contributed by atoms with Crippen molar-refractivity contribution in [3.8, 4) is 0 Å². The molecular formula is C14H11BrN2O4. The number of benzene rings is 1. The number of hydrogen-bond acceptors (Lipinski definition) is 3. The number of hydrogen-bond donors (Lipinski definition) is 2. The average molecular weight is 351 g/mol. The van der Waals surface area contributed by atoms with Crippen LogP contribution in [-0.4, -0.2) is 43.6 Å². The van der Waals surface area contributed by atoms with Crippen molar-refractivity contribution in [2.24, 2.45) is 0 Å². The molecule has 0 saturated carbocycles. The normalized spacial score (nSPS) is 17.1. The highest BCUT2D eigenvalue weighted by Crippen LogP contribution is 2.27. The number of imide groups is 1. The van der Waals surface area contributed by atoms with E-state index in [1.165, 1.54) is 0 Å². The van der Waals surface area contributed by atoms with Crippen molar-refractivity contribution >= 4 is 44.6 Å². The molecule has 1 unspecified atom stereocenters. The topological polar surface area (TPSA) is 90.5 Å². The number of nitrogens with zero attached hydrogens (tertiary/aromatic N) is 1. The van der Waals surface area contributed by atoms with Gasteiger partial charge in [-0.05, 0) is 11.6 Å². The number of para-hydroxylation sites is 1. The molecule has 2 aromatic rings. The molecule has 1 fully saturated rings. The van der Waals surface area contributed by atoms with Gasteiger partial charge in [0.05, 0.1) is 0 Å². The van der Waals surface area contributed by atoms with Crippen LogP contribution in [0.3, 0.4) is 0 Å². The largest absolute Gasteiger partial charge is 0.480 e. The molecule has 1 aliphatic heterocycles. The van der Waals surface area contributed by atoms with Gasteiger partial charge in [0.15, 0.2) is 4.83 Å². The van der Waals surface area contributed by atoms with E-state index in [1.54, 1.807) is 6.20 Å². The van der Waals surface area contributed by atoms with Crippen molar-refractivity contribution in [2.75, 3.05) is 0 Å². The van der Waals surface area contributed by atoms with Gasteiger partial charge < -0.3 is 10.1 Å². The third-order valence-electron chi connectivity index (χ3n) is 3.59. The molecule has 1 aliphatic rings. The van der Waals surface area contributed by atoms with Crippen LogP contribution in [0.4, 0.5) is 0 Å². The molecule has 6 nitrogen and oxygen atoms in total. The van der Waals surface area contributed by atoms with Gasteiger partial charge in [-0.15, -0.1) is 0 Å². The van der Waals surface area contributed by atoms with Gasteiger partial charge in [0.1, 0.15) is 6.04 Å². The summed E-state index contributed by atoms with van der Waals surface area (Å²) < 4.78 is 0. The van der Waals surface area contributed by atoms with Gasteiger partial charge in [-0.3, -0.25) is 14.5 Å². The third kappa shape index (κ3) is 2.13. The van der Waals surface area contributed by atoms with E-state index in [-0.39, 0.29) is 6.42 Å². The zero-order valence-electron chi connectivity index (χ0n) is 10.7. The van der Waals surface area contributed by atoms with Gasteiger partial charge in [0.2, 0.25) is 0 Å². The highest BCUT2D eigenvalue weighted by molar-refractivity contribution is 9.10. The van der Waals surface area contributed by atoms with E-state index in [0.29, 0.717) is 0 Å². The Morgan fingerprint density at radius 1 is 1.33 bits per heavy atom. The van der Waals surface area contributed by atoms with Crippen LogP contribution in [0.1, 0.15) is 5.56 Å². The Morgan fingerprint density at radius 3 is 2.67 bits per heavy atom. The highest BCUT2D eigenvalue weighted by Gasteiger charge is 2.50. The molecule has 0 bridgehead atoms. The number of β-lactam (4-membered cyclic amide) rings is 2. The Kier molecular flexibility index (Phi) is 3.29. The maximum atomic E-state index is 11.7. The Labute approximate surface area is 127 Å². The van der Waals surface area contributed by atoms with E-state index in [0.717, 1.165) is 21.4 Å². The predicted molar refractivity (Wildman–Crippen MR) is 78.0 cm³/mol. The average Bonchev–Trinajstić information content (AvgIpc) is 2.89. The molecule has 21 heavy (non-hydrogen) atoms. The summed E-state index contributed by atoms with van der Waals surface area (Å²) in [6.07, 6.45) is 1.79. The summed E-state index contributed by atoms with van der Waals surface area (Å²) in [5.41, 5.74) is 1.65. The minimum atomic E-state index is -1.19. The van der Waals surface area contributed by atoms with Crippen LogP contribution in [0.2, 0.25) is 0 Å². The van der Waals surface area contributed by atoms with Crippen LogP contribution >= 0.6 is 15.9 Å². The molecule has 7 heteroatoms. The number of likely N-dealkylation sites (tertiary alicyclic amines) is 1. The van der Waals surface area contributed by atoms with E-state index >= 15 is 0 Å². The van der Waals surface area contributed by atoms with Gasteiger partial charge in [0.25, 0.3) is 11.8 Å².